The number of hydrogen-bond acceptors (Lipinski definition) is 5. The van der Waals surface area contributed by atoms with Crippen LogP contribution in [0.4, 0.5) is 0 Å². The highest BCUT2D eigenvalue weighted by atomic mass is 16.6. The van der Waals surface area contributed by atoms with Crippen LogP contribution in [0.1, 0.15) is 191 Å². The van der Waals surface area contributed by atoms with Crippen molar-refractivity contribution in [1.29, 1.82) is 0 Å². The van der Waals surface area contributed by atoms with Crippen molar-refractivity contribution in [3.05, 3.63) is 152 Å². The zero-order valence-electron chi connectivity index (χ0n) is 38.8. The van der Waals surface area contributed by atoms with Crippen molar-refractivity contribution in [2.24, 2.45) is 11.8 Å². The van der Waals surface area contributed by atoms with Crippen molar-refractivity contribution < 1.29 is 14.3 Å². The van der Waals surface area contributed by atoms with Gasteiger partial charge in [0.2, 0.25) is 0 Å². The Bertz CT molecular complexity index is 2570. The molecule has 5 heteroatoms. The largest absolute Gasteiger partial charge is 0.386 e. The Hall–Kier alpha value is -4.64. The molecule has 0 N–H and O–H groups in total. The van der Waals surface area contributed by atoms with Crippen LogP contribution in [0.15, 0.2) is 90.3 Å². The van der Waals surface area contributed by atoms with E-state index in [0.717, 1.165) is 37.1 Å². The number of pyridine rings is 2. The highest BCUT2D eigenvalue weighted by Crippen LogP contribution is 2.68. The molecular formula is C57H66N2O3. The molecule has 0 aliphatic heterocycles. The lowest BCUT2D eigenvalue weighted by molar-refractivity contribution is 0.0397. The Morgan fingerprint density at radius 1 is 0.565 bits per heavy atom. The van der Waals surface area contributed by atoms with Gasteiger partial charge in [-0.1, -0.05) is 109 Å². The summed E-state index contributed by atoms with van der Waals surface area (Å²) in [4.78, 5) is 35.2. The van der Waals surface area contributed by atoms with Gasteiger partial charge in [0.15, 0.2) is 0 Å². The SMILES string of the molecule is Cc1cc2c(cc1C13CCC(=CCc4ccc(C(=O)OC(=O)c5ccc(CC=C6CCC7(c8ccc9c(c8)C(C)(C)CCC9(C)C)CC67)nc5)cn4)C1C3)C(C)(C)CCC2(C)C. The molecule has 322 valence electrons. The van der Waals surface area contributed by atoms with Crippen LogP contribution in [0.5, 0.6) is 0 Å². The van der Waals surface area contributed by atoms with Gasteiger partial charge in [-0.2, -0.15) is 0 Å². The molecule has 0 radical (unpaired) electrons. The van der Waals surface area contributed by atoms with E-state index in [2.05, 4.69) is 115 Å². The fourth-order valence-corrected chi connectivity index (χ4v) is 12.8. The van der Waals surface area contributed by atoms with Crippen LogP contribution in [0.2, 0.25) is 0 Å². The maximum absolute atomic E-state index is 13.0. The second-order valence-electron chi connectivity index (χ2n) is 23.1. The number of carbonyl (C=O) groups is 2. The number of nitrogens with zero attached hydrogens (tertiary/aromatic N) is 2. The van der Waals surface area contributed by atoms with E-state index in [4.69, 9.17) is 4.74 Å². The quantitative estimate of drug-likeness (QED) is 0.101. The first-order valence-corrected chi connectivity index (χ1v) is 23.7. The van der Waals surface area contributed by atoms with Gasteiger partial charge in [0, 0.05) is 47.5 Å². The summed E-state index contributed by atoms with van der Waals surface area (Å²) in [5, 5.41) is 0. The number of aromatic nitrogens is 2. The van der Waals surface area contributed by atoms with E-state index in [1.54, 1.807) is 45.5 Å². The topological polar surface area (TPSA) is 69.2 Å². The van der Waals surface area contributed by atoms with Gasteiger partial charge in [-0.25, -0.2) is 9.59 Å². The molecule has 62 heavy (non-hydrogen) atoms. The molecule has 10 rings (SSSR count). The summed E-state index contributed by atoms with van der Waals surface area (Å²) in [5.41, 5.74) is 17.7. The fraction of sp³-hybridized carbons (Fsp3) is 0.509. The fourth-order valence-electron chi connectivity index (χ4n) is 12.8. The summed E-state index contributed by atoms with van der Waals surface area (Å²) >= 11 is 0. The van der Waals surface area contributed by atoms with E-state index >= 15 is 0 Å². The summed E-state index contributed by atoms with van der Waals surface area (Å²) in [7, 11) is 0. The first-order valence-electron chi connectivity index (χ1n) is 23.7. The Morgan fingerprint density at radius 2 is 1.03 bits per heavy atom. The van der Waals surface area contributed by atoms with Crippen LogP contribution >= 0.6 is 0 Å². The van der Waals surface area contributed by atoms with E-state index in [0.29, 0.717) is 11.8 Å². The normalized spacial score (nSPS) is 29.0. The number of allylic oxidation sites excluding steroid dienone is 4. The van der Waals surface area contributed by atoms with Crippen molar-refractivity contribution in [3.8, 4) is 0 Å². The average molecular weight is 827 g/mol. The van der Waals surface area contributed by atoms with Gasteiger partial charge in [0.1, 0.15) is 0 Å². The predicted molar refractivity (Wildman–Crippen MR) is 248 cm³/mol. The molecule has 0 spiro atoms. The summed E-state index contributed by atoms with van der Waals surface area (Å²) in [6.07, 6.45) is 21.3. The minimum absolute atomic E-state index is 0.212. The molecule has 5 nitrogen and oxygen atoms in total. The average Bonchev–Trinajstić information content (AvgIpc) is 4.10. The van der Waals surface area contributed by atoms with Crippen molar-refractivity contribution in [2.75, 3.05) is 0 Å². The smallest absolute Gasteiger partial charge is 0.347 e. The molecule has 2 aromatic carbocycles. The monoisotopic (exact) mass is 827 g/mol. The van der Waals surface area contributed by atoms with E-state index in [1.165, 1.54) is 80.5 Å². The van der Waals surface area contributed by atoms with Crippen LogP contribution in [0, 0.1) is 18.8 Å². The Kier molecular flexibility index (Phi) is 9.46. The molecule has 2 aromatic heterocycles. The van der Waals surface area contributed by atoms with Crippen LogP contribution in [-0.4, -0.2) is 21.9 Å². The first kappa shape index (κ1) is 41.4. The third-order valence-electron chi connectivity index (χ3n) is 17.4. The van der Waals surface area contributed by atoms with Crippen molar-refractivity contribution in [2.45, 2.75) is 172 Å². The van der Waals surface area contributed by atoms with Gasteiger partial charge in [0.05, 0.1) is 11.1 Å². The number of aryl methyl sites for hydroxylation is 1. The van der Waals surface area contributed by atoms with Gasteiger partial charge >= 0.3 is 11.9 Å². The predicted octanol–water partition coefficient (Wildman–Crippen LogP) is 12.9. The van der Waals surface area contributed by atoms with Gasteiger partial charge in [-0.3, -0.25) is 9.97 Å². The molecule has 4 atom stereocenters. The summed E-state index contributed by atoms with van der Waals surface area (Å²) in [6.45, 7) is 21.6. The molecule has 2 heterocycles. The van der Waals surface area contributed by atoms with Crippen molar-refractivity contribution in [3.63, 3.8) is 0 Å². The summed E-state index contributed by atoms with van der Waals surface area (Å²) in [5.74, 6) is -0.182. The molecule has 4 fully saturated rings. The summed E-state index contributed by atoms with van der Waals surface area (Å²) in [6, 6.07) is 19.7. The lowest BCUT2D eigenvalue weighted by Crippen LogP contribution is -2.34. The van der Waals surface area contributed by atoms with E-state index < -0.39 is 11.9 Å². The van der Waals surface area contributed by atoms with Crippen LogP contribution in [-0.2, 0) is 50.1 Å². The molecule has 4 aromatic rings. The Morgan fingerprint density at radius 3 is 1.53 bits per heavy atom. The van der Waals surface area contributed by atoms with Gasteiger partial charge in [0.25, 0.3) is 0 Å². The minimum atomic E-state index is -0.702. The molecule has 0 amide bonds. The van der Waals surface area contributed by atoms with Crippen LogP contribution in [0.3, 0.4) is 0 Å². The Balaban J connectivity index is 0.727. The molecular weight excluding hydrogens is 761 g/mol. The van der Waals surface area contributed by atoms with E-state index in [1.807, 2.05) is 12.1 Å². The van der Waals surface area contributed by atoms with E-state index in [-0.39, 0.29) is 43.6 Å². The third-order valence-corrected chi connectivity index (χ3v) is 17.4. The van der Waals surface area contributed by atoms with Gasteiger partial charge < -0.3 is 4.74 Å². The number of fused-ring (bicyclic) bond motifs is 4. The lowest BCUT2D eigenvalue weighted by atomic mass is 9.62. The summed E-state index contributed by atoms with van der Waals surface area (Å²) < 4.78 is 5.28. The highest BCUT2D eigenvalue weighted by molar-refractivity contribution is 6.02. The first-order chi connectivity index (χ1) is 29.3. The minimum Gasteiger partial charge on any atom is -0.386 e. The molecule has 6 aliphatic rings. The third kappa shape index (κ3) is 6.87. The van der Waals surface area contributed by atoms with Gasteiger partial charge in [-0.05, 0) is 168 Å². The molecule has 0 bridgehead atoms. The number of carbonyl (C=O) groups excluding carboxylic acids is 2. The maximum atomic E-state index is 13.0. The zero-order valence-corrected chi connectivity index (χ0v) is 38.8. The molecule has 6 aliphatic carbocycles. The van der Waals surface area contributed by atoms with Crippen LogP contribution in [0.25, 0.3) is 0 Å². The maximum Gasteiger partial charge on any atom is 0.347 e. The van der Waals surface area contributed by atoms with Crippen LogP contribution < -0.4 is 0 Å². The standard InChI is InChI=1S/C57H66N2O3/c1-35-28-45-47(55(8,9)27-26-53(45,4)5)30-44(35)57-23-21-37(49(57)32-57)11-16-42-18-13-39(34-59-42)51(61)62-50(60)38-12-17-41(58-33-38)15-10-36-20-22-56(31-48(36)56)40-14-19-43-46(29-40)54(6,7)25-24-52(43,2)3/h10-14,17-19,28-30,33-34,48-49H,15-16,20-27,31-32H2,1-9H3. The van der Waals surface area contributed by atoms with Crippen molar-refractivity contribution in [1.82, 2.24) is 9.97 Å². The second-order valence-corrected chi connectivity index (χ2v) is 23.1. The van der Waals surface area contributed by atoms with E-state index in [9.17, 15) is 9.59 Å². The number of hydrogen-bond donors (Lipinski definition) is 0. The number of ether oxygens (including phenoxy) is 1. The lowest BCUT2D eigenvalue weighted by Gasteiger charge is -2.43. The zero-order chi connectivity index (χ0) is 43.6. The molecule has 0 saturated heterocycles. The van der Waals surface area contributed by atoms with Crippen molar-refractivity contribution >= 4 is 11.9 Å². The highest BCUT2D eigenvalue weighted by Gasteiger charge is 2.61. The number of rotatable bonds is 8. The molecule has 4 saturated carbocycles. The van der Waals surface area contributed by atoms with Gasteiger partial charge in [-0.15, -0.1) is 0 Å². The second kappa shape index (κ2) is 14.2. The number of benzene rings is 2. The number of esters is 2. The Labute approximate surface area is 370 Å². The molecule has 4 unspecified atom stereocenters.